The molecule has 7 heteroatoms. The van der Waals surface area contributed by atoms with E-state index in [2.05, 4.69) is 0 Å². The molecule has 0 saturated heterocycles. The Kier molecular flexibility index (Phi) is 4.71. The lowest BCUT2D eigenvalue weighted by Gasteiger charge is -2.11. The summed E-state index contributed by atoms with van der Waals surface area (Å²) in [5.74, 6) is -3.02. The largest absolute Gasteiger partial charge is 0.480 e. The highest BCUT2D eigenvalue weighted by molar-refractivity contribution is 7.86. The molecule has 0 aliphatic heterocycles. The third-order valence-corrected chi connectivity index (χ3v) is 3.77. The van der Waals surface area contributed by atoms with E-state index in [-0.39, 0.29) is 13.0 Å². The van der Waals surface area contributed by atoms with Crippen LogP contribution in [0.5, 0.6) is 0 Å². The smallest absolute Gasteiger partial charge is 0.319 e. The highest BCUT2D eigenvalue weighted by Gasteiger charge is 2.27. The molecule has 0 aromatic heterocycles. The highest BCUT2D eigenvalue weighted by Crippen LogP contribution is 2.18. The van der Waals surface area contributed by atoms with Gasteiger partial charge in [-0.15, -0.1) is 0 Å². The van der Waals surface area contributed by atoms with E-state index >= 15 is 0 Å². The zero-order valence-electron chi connectivity index (χ0n) is 8.73. The molecule has 4 nitrogen and oxygen atoms in total. The molecule has 0 heterocycles. The average molecular weight is 263 g/mol. The van der Waals surface area contributed by atoms with Gasteiger partial charge in [0.2, 0.25) is 0 Å². The van der Waals surface area contributed by atoms with Crippen molar-refractivity contribution < 1.29 is 22.9 Å². The first-order chi connectivity index (χ1) is 7.97. The second-order valence-electron chi connectivity index (χ2n) is 3.28. The van der Waals surface area contributed by atoms with Crippen LogP contribution in [0.4, 0.5) is 8.78 Å². The minimum atomic E-state index is -2.17. The van der Waals surface area contributed by atoms with Crippen LogP contribution in [-0.2, 0) is 15.6 Å². The van der Waals surface area contributed by atoms with Gasteiger partial charge in [-0.1, -0.05) is 0 Å². The molecule has 2 unspecified atom stereocenters. The zero-order chi connectivity index (χ0) is 13.0. The number of aliphatic carboxylic acids is 1. The van der Waals surface area contributed by atoms with Crippen LogP contribution in [0.2, 0.25) is 0 Å². The number of carboxylic acids is 1. The molecule has 1 rings (SSSR count). The monoisotopic (exact) mass is 263 g/mol. The summed E-state index contributed by atoms with van der Waals surface area (Å²) in [4.78, 5) is 10.4. The Labute approximate surface area is 98.9 Å². The molecular formula is C10H11F2NO3S. The molecule has 0 aliphatic rings. The number of halogens is 2. The van der Waals surface area contributed by atoms with E-state index in [9.17, 15) is 17.8 Å². The third kappa shape index (κ3) is 3.31. The van der Waals surface area contributed by atoms with Crippen LogP contribution in [0.3, 0.4) is 0 Å². The van der Waals surface area contributed by atoms with Gasteiger partial charge in [0.25, 0.3) is 0 Å². The van der Waals surface area contributed by atoms with Crippen LogP contribution >= 0.6 is 0 Å². The predicted octanol–water partition coefficient (Wildman–Crippen LogP) is 0.874. The first-order valence-corrected chi connectivity index (χ1v) is 5.97. The van der Waals surface area contributed by atoms with Crippen LogP contribution in [0.15, 0.2) is 23.1 Å². The molecule has 0 spiro atoms. The summed E-state index contributed by atoms with van der Waals surface area (Å²) in [6, 6.07) is 2.41. The molecule has 2 atom stereocenters. The van der Waals surface area contributed by atoms with Crippen molar-refractivity contribution in [1.82, 2.24) is 0 Å². The van der Waals surface area contributed by atoms with Gasteiger partial charge in [0.05, 0.1) is 15.7 Å². The minimum Gasteiger partial charge on any atom is -0.480 e. The Balaban J connectivity index is 3.09. The van der Waals surface area contributed by atoms with Gasteiger partial charge in [0, 0.05) is 0 Å². The van der Waals surface area contributed by atoms with E-state index < -0.39 is 38.5 Å². The van der Waals surface area contributed by atoms with E-state index in [4.69, 9.17) is 10.8 Å². The Morgan fingerprint density at radius 2 is 2.12 bits per heavy atom. The first kappa shape index (κ1) is 13.7. The molecular weight excluding hydrogens is 252 g/mol. The molecule has 0 radical (unpaired) electrons. The van der Waals surface area contributed by atoms with E-state index in [1.54, 1.807) is 0 Å². The topological polar surface area (TPSA) is 80.4 Å². The SMILES string of the molecule is NCCC(C(=O)O)S(=O)c1cc(F)ccc1F. The number of rotatable bonds is 5. The van der Waals surface area contributed by atoms with Crippen molar-refractivity contribution in [3.63, 3.8) is 0 Å². The molecule has 0 fully saturated rings. The Morgan fingerprint density at radius 3 is 2.65 bits per heavy atom. The van der Waals surface area contributed by atoms with Crippen LogP contribution in [-0.4, -0.2) is 27.1 Å². The summed E-state index contributed by atoms with van der Waals surface area (Å²) in [6.07, 6.45) is -0.0715. The lowest BCUT2D eigenvalue weighted by molar-refractivity contribution is -0.136. The molecule has 0 amide bonds. The summed E-state index contributed by atoms with van der Waals surface area (Å²) in [5, 5.41) is 7.49. The summed E-state index contributed by atoms with van der Waals surface area (Å²) in [7, 11) is -2.17. The zero-order valence-corrected chi connectivity index (χ0v) is 9.55. The van der Waals surface area contributed by atoms with Crippen LogP contribution in [0.25, 0.3) is 0 Å². The Morgan fingerprint density at radius 1 is 1.47 bits per heavy atom. The van der Waals surface area contributed by atoms with Crippen molar-refractivity contribution >= 4 is 16.8 Å². The van der Waals surface area contributed by atoms with Crippen LogP contribution in [0, 0.1) is 11.6 Å². The maximum atomic E-state index is 13.3. The number of hydrogen-bond acceptors (Lipinski definition) is 3. The van der Waals surface area contributed by atoms with Crippen LogP contribution in [0.1, 0.15) is 6.42 Å². The fourth-order valence-electron chi connectivity index (χ4n) is 1.26. The van der Waals surface area contributed by atoms with Gasteiger partial charge in [0.15, 0.2) is 0 Å². The van der Waals surface area contributed by atoms with Gasteiger partial charge in [-0.05, 0) is 31.2 Å². The van der Waals surface area contributed by atoms with Crippen molar-refractivity contribution in [3.05, 3.63) is 29.8 Å². The second kappa shape index (κ2) is 5.83. The van der Waals surface area contributed by atoms with Crippen molar-refractivity contribution in [2.75, 3.05) is 6.54 Å². The van der Waals surface area contributed by atoms with E-state index in [1.165, 1.54) is 0 Å². The standard InChI is InChI=1S/C10H11F2NO3S/c11-6-1-2-7(12)9(5-6)17(16)8(3-4-13)10(14)15/h1-2,5,8H,3-4,13H2,(H,14,15). The van der Waals surface area contributed by atoms with Crippen LogP contribution < -0.4 is 5.73 Å². The van der Waals surface area contributed by atoms with Gasteiger partial charge >= 0.3 is 5.97 Å². The number of carbonyl (C=O) groups is 1. The lowest BCUT2D eigenvalue weighted by atomic mass is 10.3. The highest BCUT2D eigenvalue weighted by atomic mass is 32.2. The minimum absolute atomic E-state index is 0.000356. The number of benzene rings is 1. The predicted molar refractivity (Wildman–Crippen MR) is 57.9 cm³/mol. The van der Waals surface area contributed by atoms with Crippen molar-refractivity contribution in [2.45, 2.75) is 16.6 Å². The maximum absolute atomic E-state index is 13.3. The third-order valence-electron chi connectivity index (χ3n) is 2.07. The van der Waals surface area contributed by atoms with E-state index in [1.807, 2.05) is 0 Å². The summed E-state index contributed by atoms with van der Waals surface area (Å²) < 4.78 is 38.0. The number of carboxylic acid groups (broad SMARTS) is 1. The van der Waals surface area contributed by atoms with Crippen molar-refractivity contribution in [1.29, 1.82) is 0 Å². The molecule has 3 N–H and O–H groups in total. The van der Waals surface area contributed by atoms with Gasteiger partial charge in [-0.3, -0.25) is 9.00 Å². The maximum Gasteiger partial charge on any atom is 0.319 e. The van der Waals surface area contributed by atoms with Gasteiger partial charge in [-0.25, -0.2) is 8.78 Å². The summed E-state index contributed by atoms with van der Waals surface area (Å²) >= 11 is 0. The molecule has 0 aliphatic carbocycles. The van der Waals surface area contributed by atoms with Gasteiger partial charge in [-0.2, -0.15) is 0 Å². The molecule has 17 heavy (non-hydrogen) atoms. The average Bonchev–Trinajstić information content (AvgIpc) is 2.28. The molecule has 94 valence electrons. The fraction of sp³-hybridized carbons (Fsp3) is 0.300. The fourth-order valence-corrected chi connectivity index (χ4v) is 2.59. The Bertz CT molecular complexity index is 453. The molecule has 0 bridgehead atoms. The number of nitrogens with two attached hydrogens (primary N) is 1. The van der Waals surface area contributed by atoms with E-state index in [0.717, 1.165) is 18.2 Å². The normalized spacial score (nSPS) is 14.3. The van der Waals surface area contributed by atoms with Crippen molar-refractivity contribution in [3.8, 4) is 0 Å². The quantitative estimate of drug-likeness (QED) is 0.826. The first-order valence-electron chi connectivity index (χ1n) is 4.76. The lowest BCUT2D eigenvalue weighted by Crippen LogP contribution is -2.29. The summed E-state index contributed by atoms with van der Waals surface area (Å²) in [6.45, 7) is -0.000356. The molecule has 0 saturated carbocycles. The second-order valence-corrected chi connectivity index (χ2v) is 4.88. The number of hydrogen-bond donors (Lipinski definition) is 2. The summed E-state index contributed by atoms with van der Waals surface area (Å²) in [5.41, 5.74) is 5.19. The molecule has 1 aromatic carbocycles. The van der Waals surface area contributed by atoms with Crippen molar-refractivity contribution in [2.24, 2.45) is 5.73 Å². The van der Waals surface area contributed by atoms with E-state index in [0.29, 0.717) is 0 Å². The Hall–Kier alpha value is -1.34. The van der Waals surface area contributed by atoms with Gasteiger partial charge < -0.3 is 10.8 Å². The molecule has 1 aromatic rings. The van der Waals surface area contributed by atoms with Gasteiger partial charge in [0.1, 0.15) is 16.9 Å².